The van der Waals surface area contributed by atoms with Gasteiger partial charge < -0.3 is 20.1 Å². The molecule has 19 heavy (non-hydrogen) atoms. The van der Waals surface area contributed by atoms with Crippen LogP contribution in [0.4, 0.5) is 8.78 Å². The Bertz CT molecular complexity index is 547. The molecule has 0 saturated carbocycles. The molecule has 2 unspecified atom stereocenters. The monoisotopic (exact) mass is 277 g/mol. The number of aliphatic hydroxyl groups excluding tert-OH is 3. The summed E-state index contributed by atoms with van der Waals surface area (Å²) < 4.78 is 32.6. The minimum atomic E-state index is -1.61. The van der Waals surface area contributed by atoms with Crippen molar-refractivity contribution in [2.24, 2.45) is 0 Å². The van der Waals surface area contributed by atoms with Gasteiger partial charge in [-0.25, -0.2) is 4.39 Å². The lowest BCUT2D eigenvalue weighted by Crippen LogP contribution is -2.32. The molecular formula is C11H13F2NO5. The number of pyridine rings is 1. The SMILES string of the molecule is Cc1c(F)c([C@@H]2O[C@H](CO)C(O)C2O)c(F)[nH]c1=O. The molecule has 1 aliphatic heterocycles. The van der Waals surface area contributed by atoms with E-state index in [0.717, 1.165) is 6.92 Å². The Hall–Kier alpha value is -1.35. The van der Waals surface area contributed by atoms with Gasteiger partial charge in [-0.1, -0.05) is 0 Å². The van der Waals surface area contributed by atoms with E-state index in [9.17, 15) is 23.8 Å². The first kappa shape index (κ1) is 14.1. The van der Waals surface area contributed by atoms with Crippen LogP contribution in [0.3, 0.4) is 0 Å². The van der Waals surface area contributed by atoms with Gasteiger partial charge in [-0.05, 0) is 6.92 Å². The molecule has 1 fully saturated rings. The molecule has 0 amide bonds. The van der Waals surface area contributed by atoms with Crippen molar-refractivity contribution in [1.82, 2.24) is 4.98 Å². The number of hydrogen-bond acceptors (Lipinski definition) is 5. The summed E-state index contributed by atoms with van der Waals surface area (Å²) in [5.74, 6) is -2.42. The fourth-order valence-electron chi connectivity index (χ4n) is 2.05. The van der Waals surface area contributed by atoms with Gasteiger partial charge in [-0.15, -0.1) is 0 Å². The van der Waals surface area contributed by atoms with Crippen molar-refractivity contribution in [2.75, 3.05) is 6.61 Å². The van der Waals surface area contributed by atoms with E-state index in [0.29, 0.717) is 0 Å². The van der Waals surface area contributed by atoms with Crippen molar-refractivity contribution < 1.29 is 28.8 Å². The van der Waals surface area contributed by atoms with Crippen LogP contribution in [0.1, 0.15) is 17.2 Å². The Kier molecular flexibility index (Phi) is 3.68. The number of nitrogens with one attached hydrogen (secondary N) is 1. The first-order valence-corrected chi connectivity index (χ1v) is 5.58. The van der Waals surface area contributed by atoms with Crippen LogP contribution in [-0.2, 0) is 4.74 Å². The normalized spacial score (nSPS) is 30.8. The number of halogens is 2. The summed E-state index contributed by atoms with van der Waals surface area (Å²) in [7, 11) is 0. The first-order chi connectivity index (χ1) is 8.88. The van der Waals surface area contributed by atoms with Gasteiger partial charge in [0.1, 0.15) is 30.2 Å². The maximum atomic E-state index is 13.9. The summed E-state index contributed by atoms with van der Waals surface area (Å²) in [6.07, 6.45) is -5.72. The lowest BCUT2D eigenvalue weighted by atomic mass is 10.0. The van der Waals surface area contributed by atoms with Crippen molar-refractivity contribution in [3.05, 3.63) is 33.2 Å². The molecule has 8 heteroatoms. The molecule has 2 rings (SSSR count). The van der Waals surface area contributed by atoms with E-state index in [2.05, 4.69) is 0 Å². The van der Waals surface area contributed by atoms with Crippen LogP contribution < -0.4 is 5.56 Å². The van der Waals surface area contributed by atoms with Crippen LogP contribution in [0.2, 0.25) is 0 Å². The van der Waals surface area contributed by atoms with Crippen LogP contribution in [-0.4, -0.2) is 45.2 Å². The second-order valence-electron chi connectivity index (χ2n) is 4.38. The number of hydrogen-bond donors (Lipinski definition) is 4. The van der Waals surface area contributed by atoms with Gasteiger partial charge in [0.25, 0.3) is 5.56 Å². The lowest BCUT2D eigenvalue weighted by molar-refractivity contribution is -0.0249. The van der Waals surface area contributed by atoms with Crippen LogP contribution >= 0.6 is 0 Å². The Morgan fingerprint density at radius 1 is 1.32 bits per heavy atom. The number of aliphatic hydroxyl groups is 3. The van der Waals surface area contributed by atoms with Crippen molar-refractivity contribution in [3.63, 3.8) is 0 Å². The summed E-state index contributed by atoms with van der Waals surface area (Å²) in [6.45, 7) is 0.540. The molecule has 4 N–H and O–H groups in total. The maximum Gasteiger partial charge on any atom is 0.255 e. The van der Waals surface area contributed by atoms with E-state index in [1.807, 2.05) is 0 Å². The van der Waals surface area contributed by atoms with Crippen molar-refractivity contribution in [1.29, 1.82) is 0 Å². The molecule has 0 aliphatic carbocycles. The molecule has 0 aromatic carbocycles. The van der Waals surface area contributed by atoms with E-state index in [1.165, 1.54) is 0 Å². The van der Waals surface area contributed by atoms with E-state index in [1.54, 1.807) is 4.98 Å². The van der Waals surface area contributed by atoms with Gasteiger partial charge in [0, 0.05) is 0 Å². The van der Waals surface area contributed by atoms with Crippen LogP contribution in [0, 0.1) is 18.7 Å². The fraction of sp³-hybridized carbons (Fsp3) is 0.545. The third kappa shape index (κ3) is 2.16. The molecule has 4 atom stereocenters. The van der Waals surface area contributed by atoms with E-state index in [-0.39, 0.29) is 5.56 Å². The molecule has 106 valence electrons. The zero-order valence-electron chi connectivity index (χ0n) is 9.93. The number of rotatable bonds is 2. The standard InChI is InChI=1S/C11H13F2NO5/c1-3-6(12)5(10(13)14-11(3)18)9-8(17)7(16)4(2-15)19-9/h4,7-9,15-17H,2H2,1H3,(H,14,18)/t4-,7?,8?,9+/m1/s1. The van der Waals surface area contributed by atoms with Crippen LogP contribution in [0.5, 0.6) is 0 Å². The van der Waals surface area contributed by atoms with Gasteiger partial charge in [0.2, 0.25) is 5.95 Å². The zero-order valence-corrected chi connectivity index (χ0v) is 9.93. The van der Waals surface area contributed by atoms with E-state index < -0.39 is 53.9 Å². The Labute approximate surface area is 106 Å². The quantitative estimate of drug-likeness (QED) is 0.525. The largest absolute Gasteiger partial charge is 0.394 e. The predicted octanol–water partition coefficient (Wildman–Crippen LogP) is -0.884. The molecule has 6 nitrogen and oxygen atoms in total. The Balaban J connectivity index is 2.49. The highest BCUT2D eigenvalue weighted by Gasteiger charge is 2.45. The minimum Gasteiger partial charge on any atom is -0.394 e. The second kappa shape index (κ2) is 4.97. The molecule has 0 radical (unpaired) electrons. The van der Waals surface area contributed by atoms with E-state index in [4.69, 9.17) is 9.84 Å². The van der Waals surface area contributed by atoms with Crippen LogP contribution in [0.15, 0.2) is 4.79 Å². The van der Waals surface area contributed by atoms with Crippen LogP contribution in [0.25, 0.3) is 0 Å². The van der Waals surface area contributed by atoms with Gasteiger partial charge in [-0.2, -0.15) is 4.39 Å². The molecular weight excluding hydrogens is 264 g/mol. The molecule has 1 saturated heterocycles. The average molecular weight is 277 g/mol. The van der Waals surface area contributed by atoms with Crippen molar-refractivity contribution >= 4 is 0 Å². The summed E-state index contributed by atoms with van der Waals surface area (Å²) >= 11 is 0. The van der Waals surface area contributed by atoms with Gasteiger partial charge in [0.05, 0.1) is 17.7 Å². The number of ether oxygens (including phenoxy) is 1. The number of H-pyrrole nitrogens is 1. The molecule has 0 bridgehead atoms. The predicted molar refractivity (Wildman–Crippen MR) is 58.4 cm³/mol. The second-order valence-corrected chi connectivity index (χ2v) is 4.38. The van der Waals surface area contributed by atoms with E-state index >= 15 is 0 Å². The number of aromatic amines is 1. The highest BCUT2D eigenvalue weighted by atomic mass is 19.1. The zero-order chi connectivity index (χ0) is 14.3. The Morgan fingerprint density at radius 2 is 1.95 bits per heavy atom. The molecule has 1 aromatic rings. The Morgan fingerprint density at radius 3 is 2.47 bits per heavy atom. The molecule has 1 aromatic heterocycles. The third-order valence-electron chi connectivity index (χ3n) is 3.19. The summed E-state index contributed by atoms with van der Waals surface area (Å²) in [5, 5.41) is 28.2. The maximum absolute atomic E-state index is 13.9. The third-order valence-corrected chi connectivity index (χ3v) is 3.19. The number of aromatic nitrogens is 1. The smallest absolute Gasteiger partial charge is 0.255 e. The molecule has 0 spiro atoms. The van der Waals surface area contributed by atoms with Gasteiger partial charge >= 0.3 is 0 Å². The van der Waals surface area contributed by atoms with Gasteiger partial charge in [0.15, 0.2) is 0 Å². The fourth-order valence-corrected chi connectivity index (χ4v) is 2.05. The van der Waals surface area contributed by atoms with Crippen molar-refractivity contribution in [3.8, 4) is 0 Å². The first-order valence-electron chi connectivity index (χ1n) is 5.58. The highest BCUT2D eigenvalue weighted by molar-refractivity contribution is 5.26. The van der Waals surface area contributed by atoms with Crippen molar-refractivity contribution in [2.45, 2.75) is 31.3 Å². The topological polar surface area (TPSA) is 103 Å². The summed E-state index contributed by atoms with van der Waals surface area (Å²) in [5.41, 5.74) is -1.95. The molecule has 2 heterocycles. The summed E-state index contributed by atoms with van der Waals surface area (Å²) in [6, 6.07) is 0. The summed E-state index contributed by atoms with van der Waals surface area (Å²) in [4.78, 5) is 13.0. The highest BCUT2D eigenvalue weighted by Crippen LogP contribution is 2.35. The minimum absolute atomic E-state index is 0.353. The average Bonchev–Trinajstić information content (AvgIpc) is 2.64. The lowest BCUT2D eigenvalue weighted by Gasteiger charge is -2.16. The van der Waals surface area contributed by atoms with Gasteiger partial charge in [-0.3, -0.25) is 9.78 Å². The molecule has 1 aliphatic rings.